The first kappa shape index (κ1) is 71.6. The third-order valence-electron chi connectivity index (χ3n) is 13.2. The molecule has 0 aliphatic carbocycles. The lowest BCUT2D eigenvalue weighted by Gasteiger charge is -2.37. The number of ether oxygens (including phenoxy) is 4. The van der Waals surface area contributed by atoms with Crippen LogP contribution in [-0.2, 0) is 70.1 Å². The van der Waals surface area contributed by atoms with Crippen LogP contribution >= 0.6 is 23.5 Å². The van der Waals surface area contributed by atoms with Gasteiger partial charge in [0.2, 0.25) is 0 Å². The quantitative estimate of drug-likeness (QED) is 0.0798. The fraction of sp³-hybridized carbons (Fsp3) is 0.649. The number of likely N-dealkylation sites (N-methyl/N-ethyl adjacent to an activating group) is 4. The zero-order valence-electron chi connectivity index (χ0n) is 49.7. The summed E-state index contributed by atoms with van der Waals surface area (Å²) in [5.74, 6) is -9.39. The van der Waals surface area contributed by atoms with Crippen LogP contribution in [0.1, 0.15) is 126 Å². The van der Waals surface area contributed by atoms with Gasteiger partial charge in [-0.25, -0.2) is 28.0 Å². The highest BCUT2D eigenvalue weighted by Crippen LogP contribution is 2.38. The highest BCUT2D eigenvalue weighted by atomic mass is 32.2. The number of esters is 4. The molecule has 1 heterocycles. The van der Waals surface area contributed by atoms with E-state index < -0.39 is 185 Å². The third kappa shape index (κ3) is 23.7. The van der Waals surface area contributed by atoms with Crippen LogP contribution < -0.4 is 0 Å². The van der Waals surface area contributed by atoms with Gasteiger partial charge in [0.15, 0.2) is 24.4 Å². The normalized spacial score (nSPS) is 23.9. The number of benzene rings is 2. The van der Waals surface area contributed by atoms with Crippen LogP contribution in [0.3, 0.4) is 0 Å². The van der Waals surface area contributed by atoms with Gasteiger partial charge >= 0.3 is 34.9 Å². The maximum Gasteiger partial charge on any atom is 0.446 e. The summed E-state index contributed by atoms with van der Waals surface area (Å²) in [6.07, 6.45) is -10.5. The summed E-state index contributed by atoms with van der Waals surface area (Å²) in [5, 5.41) is 0. The highest BCUT2D eigenvalue weighted by molar-refractivity contribution is 8.00. The monoisotopic (exact) mass is 1230 g/mol. The van der Waals surface area contributed by atoms with E-state index in [9.17, 15) is 64.7 Å². The summed E-state index contributed by atoms with van der Waals surface area (Å²) >= 11 is -0.826. The van der Waals surface area contributed by atoms with E-state index in [1.165, 1.54) is 38.1 Å². The van der Waals surface area contributed by atoms with Crippen molar-refractivity contribution < 1.29 is 92.4 Å². The molecule has 83 heavy (non-hydrogen) atoms. The van der Waals surface area contributed by atoms with Crippen LogP contribution in [0.15, 0.2) is 58.3 Å². The van der Waals surface area contributed by atoms with Crippen molar-refractivity contribution in [3.63, 3.8) is 0 Å². The number of cyclic esters (lactones) is 4. The maximum absolute atomic E-state index is 15.8. The highest BCUT2D eigenvalue weighted by Gasteiger charge is 2.45. The van der Waals surface area contributed by atoms with E-state index in [1.807, 2.05) is 0 Å². The Balaban J connectivity index is 2.37. The number of hydrogen-bond acceptors (Lipinski definition) is 14. The number of nitrogens with zero attached hydrogens (tertiary/aromatic N) is 4. The molecule has 0 bridgehead atoms. The molecule has 0 radical (unpaired) electrons. The van der Waals surface area contributed by atoms with E-state index in [1.54, 1.807) is 41.5 Å². The van der Waals surface area contributed by atoms with Crippen LogP contribution in [0, 0.1) is 10.8 Å². The van der Waals surface area contributed by atoms with Gasteiger partial charge in [0, 0.05) is 57.2 Å². The Bertz CT molecular complexity index is 2580. The molecule has 0 aromatic heterocycles. The number of carbonyl (C=O) groups is 8. The van der Waals surface area contributed by atoms with Gasteiger partial charge < -0.3 is 38.5 Å². The van der Waals surface area contributed by atoms with E-state index in [2.05, 4.69) is 0 Å². The molecular weight excluding hydrogens is 1150 g/mol. The van der Waals surface area contributed by atoms with Gasteiger partial charge in [-0.3, -0.25) is 19.2 Å². The molecule has 0 saturated carbocycles. The second-order valence-corrected chi connectivity index (χ2v) is 26.6. The summed E-state index contributed by atoms with van der Waals surface area (Å²) in [4.78, 5) is 120. The Morgan fingerprint density at radius 2 is 0.699 bits per heavy atom. The molecule has 466 valence electrons. The Labute approximate surface area is 488 Å². The molecule has 1 aliphatic rings. The van der Waals surface area contributed by atoms with E-state index in [4.69, 9.17) is 18.9 Å². The predicted molar refractivity (Wildman–Crippen MR) is 294 cm³/mol. The fourth-order valence-electron chi connectivity index (χ4n) is 8.83. The zero-order chi connectivity index (χ0) is 63.7. The van der Waals surface area contributed by atoms with Crippen molar-refractivity contribution in [3.05, 3.63) is 59.7 Å². The lowest BCUT2D eigenvalue weighted by Crippen LogP contribution is -2.55. The maximum atomic E-state index is 15.8. The molecule has 26 heteroatoms. The Morgan fingerprint density at radius 1 is 0.410 bits per heavy atom. The van der Waals surface area contributed by atoms with E-state index in [0.717, 1.165) is 99.8 Å². The fourth-order valence-corrected chi connectivity index (χ4v) is 9.91. The van der Waals surface area contributed by atoms with Gasteiger partial charge in [-0.2, -0.15) is 26.3 Å². The van der Waals surface area contributed by atoms with E-state index in [-0.39, 0.29) is 33.8 Å². The molecule has 8 atom stereocenters. The van der Waals surface area contributed by atoms with Crippen LogP contribution in [0.2, 0.25) is 0 Å². The lowest BCUT2D eigenvalue weighted by atomic mass is 9.87. The molecular formula is C57H78F8N4O12S2. The summed E-state index contributed by atoms with van der Waals surface area (Å²) in [5.41, 5.74) is -14.8. The second-order valence-electron chi connectivity index (χ2n) is 24.4. The van der Waals surface area contributed by atoms with Crippen LogP contribution in [0.4, 0.5) is 35.1 Å². The lowest BCUT2D eigenvalue weighted by molar-refractivity contribution is -0.177. The SMILES string of the molecule is C[C@H]1OC(=O)[C@H](CC(C)(C)C)N(C)C(=O)[C@H](Cc2ccc(SC(F)(F)F)cc2)OC(=O)[C@H](CC(C)(C)F)N(C)C(=O)[C@@H](C)OC(=O)[C@H](CC(C)(C)C)N(C)C(=O)[C@H](Cc2ccc(SC(F)(F)F)cc2)OC(=O)[C@H](CCC(C)(C)F)N(C)C1=O. The molecule has 16 nitrogen and oxygen atoms in total. The molecule has 1 fully saturated rings. The molecule has 0 spiro atoms. The van der Waals surface area contributed by atoms with Crippen LogP contribution in [0.5, 0.6) is 0 Å². The van der Waals surface area contributed by atoms with Gasteiger partial charge in [-0.1, -0.05) is 65.8 Å². The largest absolute Gasteiger partial charge is 0.451 e. The van der Waals surface area contributed by atoms with Crippen LogP contribution in [0.25, 0.3) is 0 Å². The van der Waals surface area contributed by atoms with Crippen molar-refractivity contribution in [3.8, 4) is 0 Å². The Morgan fingerprint density at radius 3 is 1.00 bits per heavy atom. The Kier molecular flexibility index (Phi) is 24.6. The van der Waals surface area contributed by atoms with E-state index in [0.29, 0.717) is 0 Å². The van der Waals surface area contributed by atoms with Crippen molar-refractivity contribution in [1.82, 2.24) is 19.6 Å². The molecule has 0 N–H and O–H groups in total. The third-order valence-corrected chi connectivity index (χ3v) is 14.6. The van der Waals surface area contributed by atoms with Gasteiger partial charge in [-0.05, 0) is 137 Å². The minimum Gasteiger partial charge on any atom is -0.451 e. The smallest absolute Gasteiger partial charge is 0.446 e. The minimum atomic E-state index is -4.66. The summed E-state index contributed by atoms with van der Waals surface area (Å²) in [6.45, 7) is 17.0. The molecule has 1 saturated heterocycles. The topological polar surface area (TPSA) is 186 Å². The minimum absolute atomic E-state index is 0.148. The first-order chi connectivity index (χ1) is 37.7. The van der Waals surface area contributed by atoms with Crippen molar-refractivity contribution in [1.29, 1.82) is 0 Å². The van der Waals surface area contributed by atoms with Crippen LogP contribution in [-0.4, -0.2) is 166 Å². The van der Waals surface area contributed by atoms with Crippen molar-refractivity contribution >= 4 is 71.0 Å². The number of hydrogen-bond donors (Lipinski definition) is 0. The summed E-state index contributed by atoms with van der Waals surface area (Å²) in [6, 6.07) is 2.59. The zero-order valence-corrected chi connectivity index (χ0v) is 51.3. The molecule has 1 aliphatic heterocycles. The number of thioether (sulfide) groups is 2. The standard InChI is InChI=1S/C57H78F8N4O12S2/c1-32-44(70)66(13)38(25-26-54(9,10)58)48(74)80-42(27-34-17-21-36(22-18-34)82-56(60,61)62)46(72)68(15)40(30-53(6,7)8)50(76)79-33(2)45(71)67(14)41(31-55(11,12)59)51(77)81-43(28-35-19-23-37(24-20-35)83-57(63,64)65)47(73)69(16)39(49(75)78-32)29-52(3,4)5/h17-24,32-33,38-43H,25-31H2,1-16H3/t32-,33-,38+,39+,40+,41+,42+,43+/m1/s1. The molecule has 0 unspecified atom stereocenters. The summed E-state index contributed by atoms with van der Waals surface area (Å²) in [7, 11) is 4.51. The summed E-state index contributed by atoms with van der Waals surface area (Å²) < 4.78 is 134. The van der Waals surface area contributed by atoms with Crippen molar-refractivity contribution in [2.45, 2.75) is 209 Å². The van der Waals surface area contributed by atoms with Gasteiger partial charge in [0.25, 0.3) is 23.6 Å². The average Bonchev–Trinajstić information content (AvgIpc) is 3.55. The average molecular weight is 1230 g/mol. The predicted octanol–water partition coefficient (Wildman–Crippen LogP) is 10.2. The molecule has 3 rings (SSSR count). The van der Waals surface area contributed by atoms with Gasteiger partial charge in [0.05, 0.1) is 0 Å². The van der Waals surface area contributed by atoms with E-state index >= 15 is 8.78 Å². The molecule has 4 amide bonds. The van der Waals surface area contributed by atoms with Crippen molar-refractivity contribution in [2.75, 3.05) is 28.2 Å². The number of rotatable bonds is 13. The van der Waals surface area contributed by atoms with Gasteiger partial charge in [-0.15, -0.1) is 0 Å². The first-order valence-corrected chi connectivity index (χ1v) is 28.2. The number of carbonyl (C=O) groups excluding carboxylic acids is 8. The molecule has 2 aromatic carbocycles. The first-order valence-electron chi connectivity index (χ1n) is 26.6. The number of amides is 4. The number of alkyl halides is 8. The molecule has 2 aromatic rings. The Hall–Kier alpha value is -5.66. The second kappa shape index (κ2) is 28.5. The van der Waals surface area contributed by atoms with Crippen molar-refractivity contribution in [2.24, 2.45) is 10.8 Å². The van der Waals surface area contributed by atoms with Gasteiger partial charge in [0.1, 0.15) is 35.5 Å². The number of halogens is 8.